The van der Waals surface area contributed by atoms with Crippen LogP contribution in [0.25, 0.3) is 0 Å². The molecule has 0 aliphatic heterocycles. The number of aromatic hydroxyl groups is 3. The molecule has 0 saturated heterocycles. The second-order valence-corrected chi connectivity index (χ2v) is 12.8. The first-order valence-corrected chi connectivity index (χ1v) is 15.4. The van der Waals surface area contributed by atoms with Gasteiger partial charge >= 0.3 is 5.97 Å². The number of phenols is 3. The van der Waals surface area contributed by atoms with E-state index in [0.29, 0.717) is 12.8 Å². The molecule has 3 aliphatic rings. The highest BCUT2D eigenvalue weighted by molar-refractivity contribution is 6.38. The number of rotatable bonds is 6. The molecule has 5 rings (SSSR count). The van der Waals surface area contributed by atoms with Crippen molar-refractivity contribution in [3.05, 3.63) is 67.3 Å². The first kappa shape index (κ1) is 32.5. The number of aldehydes is 1. The topological polar surface area (TPSA) is 172 Å². The van der Waals surface area contributed by atoms with Crippen LogP contribution in [0.5, 0.6) is 23.0 Å². The van der Waals surface area contributed by atoms with Crippen LogP contribution in [0.2, 0.25) is 0 Å². The Morgan fingerprint density at radius 1 is 0.761 bits per heavy atom. The first-order valence-electron chi connectivity index (χ1n) is 15.4. The van der Waals surface area contributed by atoms with Gasteiger partial charge in [0.05, 0.1) is 11.5 Å². The number of esters is 1. The van der Waals surface area contributed by atoms with Crippen LogP contribution in [0, 0.1) is 5.92 Å². The Bertz CT molecular complexity index is 1840. The predicted octanol–water partition coefficient (Wildman–Crippen LogP) is 6.44. The van der Waals surface area contributed by atoms with Gasteiger partial charge in [-0.05, 0) is 44.6 Å². The normalized spacial score (nSPS) is 17.2. The van der Waals surface area contributed by atoms with Gasteiger partial charge in [-0.1, -0.05) is 47.0 Å². The van der Waals surface area contributed by atoms with Crippen LogP contribution in [-0.2, 0) is 4.79 Å². The minimum atomic E-state index is -0.948. The van der Waals surface area contributed by atoms with Gasteiger partial charge in [-0.2, -0.15) is 0 Å². The Kier molecular flexibility index (Phi) is 8.36. The van der Waals surface area contributed by atoms with Crippen molar-refractivity contribution in [1.82, 2.24) is 0 Å². The minimum Gasteiger partial charge on any atom is -0.504 e. The lowest BCUT2D eigenvalue weighted by molar-refractivity contribution is -0.140. The Morgan fingerprint density at radius 2 is 1.30 bits per heavy atom. The largest absolute Gasteiger partial charge is 0.504 e. The number of carbonyl (C=O) groups is 6. The van der Waals surface area contributed by atoms with E-state index in [4.69, 9.17) is 4.74 Å². The van der Waals surface area contributed by atoms with Gasteiger partial charge in [0.1, 0.15) is 0 Å². The average molecular weight is 629 g/mol. The standard InChI is InChI=1S/C36H36O10/c1-14(2)22-28-27(20(13-37)32(42)34(22)44)33(43)25(17(6)30(28)40)24-16(5)29(39)26-19(31(24)41)12-21(38)35(23(26)15(3)4)46-36(45)18-10-8-7-9-11-18/h12-15,18,38,42,44H,7-11H2,1-6H3. The number of ether oxygens (including phenoxy) is 1. The summed E-state index contributed by atoms with van der Waals surface area (Å²) in [5.74, 6) is -7.38. The molecular weight excluding hydrogens is 592 g/mol. The Labute approximate surface area is 265 Å². The molecule has 10 heteroatoms. The molecule has 0 unspecified atom stereocenters. The zero-order valence-electron chi connectivity index (χ0n) is 26.6. The van der Waals surface area contributed by atoms with Crippen molar-refractivity contribution in [1.29, 1.82) is 0 Å². The lowest BCUT2D eigenvalue weighted by Gasteiger charge is -2.30. The molecule has 0 heterocycles. The number of hydrogen-bond donors (Lipinski definition) is 3. The van der Waals surface area contributed by atoms with E-state index in [9.17, 15) is 44.1 Å². The molecule has 1 fully saturated rings. The molecular formula is C36H36O10. The molecule has 0 aromatic heterocycles. The number of benzene rings is 2. The monoisotopic (exact) mass is 628 g/mol. The van der Waals surface area contributed by atoms with Crippen molar-refractivity contribution in [2.45, 2.75) is 85.5 Å². The highest BCUT2D eigenvalue weighted by atomic mass is 16.5. The molecule has 0 bridgehead atoms. The third kappa shape index (κ3) is 4.78. The number of hydrogen-bond acceptors (Lipinski definition) is 10. The maximum Gasteiger partial charge on any atom is 0.314 e. The average Bonchev–Trinajstić information content (AvgIpc) is 3.01. The molecule has 0 atom stereocenters. The number of carbonyl (C=O) groups excluding carboxylic acids is 6. The van der Waals surface area contributed by atoms with Crippen LogP contribution in [0.4, 0.5) is 0 Å². The SMILES string of the molecule is CC1=C(C2=C(C)C(=O)c3c(c(C=O)c(O)c(O)c3C(C)C)C2=O)C(=O)c2cc(O)c(OC(=O)C3CCCCC3)c(C(C)C)c2C1=O. The number of ketones is 4. The van der Waals surface area contributed by atoms with Gasteiger partial charge in [0.25, 0.3) is 0 Å². The van der Waals surface area contributed by atoms with Crippen molar-refractivity contribution in [2.75, 3.05) is 0 Å². The molecule has 0 spiro atoms. The summed E-state index contributed by atoms with van der Waals surface area (Å²) in [6, 6.07) is 1.04. The Morgan fingerprint density at radius 3 is 1.85 bits per heavy atom. The third-order valence-corrected chi connectivity index (χ3v) is 9.30. The summed E-state index contributed by atoms with van der Waals surface area (Å²) in [5, 5.41) is 32.4. The van der Waals surface area contributed by atoms with E-state index in [1.54, 1.807) is 27.7 Å². The van der Waals surface area contributed by atoms with E-state index in [1.165, 1.54) is 13.8 Å². The van der Waals surface area contributed by atoms with Gasteiger partial charge in [0.2, 0.25) is 0 Å². The summed E-state index contributed by atoms with van der Waals surface area (Å²) in [6.45, 7) is 9.36. The molecule has 46 heavy (non-hydrogen) atoms. The van der Waals surface area contributed by atoms with E-state index in [0.717, 1.165) is 25.3 Å². The molecule has 240 valence electrons. The summed E-state index contributed by atoms with van der Waals surface area (Å²) in [7, 11) is 0. The lowest BCUT2D eigenvalue weighted by atomic mass is 9.71. The van der Waals surface area contributed by atoms with Gasteiger partial charge in [-0.25, -0.2) is 0 Å². The van der Waals surface area contributed by atoms with Gasteiger partial charge in [0.15, 0.2) is 52.4 Å². The molecule has 10 nitrogen and oxygen atoms in total. The molecule has 3 aliphatic carbocycles. The van der Waals surface area contributed by atoms with Crippen LogP contribution in [-0.4, -0.2) is 50.7 Å². The first-order chi connectivity index (χ1) is 21.6. The fourth-order valence-electron chi connectivity index (χ4n) is 6.99. The number of phenolic OH excluding ortho intramolecular Hbond substituents is 3. The van der Waals surface area contributed by atoms with Gasteiger partial charge in [-0.3, -0.25) is 28.8 Å². The van der Waals surface area contributed by atoms with Crippen molar-refractivity contribution in [2.24, 2.45) is 5.92 Å². The van der Waals surface area contributed by atoms with Crippen LogP contribution < -0.4 is 4.74 Å². The number of allylic oxidation sites excluding steroid dienone is 4. The van der Waals surface area contributed by atoms with Crippen LogP contribution in [0.1, 0.15) is 148 Å². The van der Waals surface area contributed by atoms with E-state index in [2.05, 4.69) is 0 Å². The highest BCUT2D eigenvalue weighted by Crippen LogP contribution is 2.49. The molecule has 0 radical (unpaired) electrons. The fraction of sp³-hybridized carbons (Fsp3) is 0.389. The highest BCUT2D eigenvalue weighted by Gasteiger charge is 2.44. The quantitative estimate of drug-likeness (QED) is 0.140. The maximum atomic E-state index is 14.3. The minimum absolute atomic E-state index is 0.0289. The molecule has 0 amide bonds. The maximum absolute atomic E-state index is 14.3. The van der Waals surface area contributed by atoms with Gasteiger partial charge < -0.3 is 20.1 Å². The summed E-state index contributed by atoms with van der Waals surface area (Å²) < 4.78 is 5.72. The van der Waals surface area contributed by atoms with E-state index < -0.39 is 74.9 Å². The van der Waals surface area contributed by atoms with Gasteiger partial charge in [0, 0.05) is 55.7 Å². The number of fused-ring (bicyclic) bond motifs is 2. The zero-order chi connectivity index (χ0) is 33.9. The van der Waals surface area contributed by atoms with E-state index in [-0.39, 0.29) is 62.5 Å². The van der Waals surface area contributed by atoms with Crippen LogP contribution in [0.3, 0.4) is 0 Å². The van der Waals surface area contributed by atoms with E-state index >= 15 is 0 Å². The number of Topliss-reactive ketones (excluding diaryl/α,β-unsaturated/α-hetero) is 4. The predicted molar refractivity (Wildman–Crippen MR) is 166 cm³/mol. The van der Waals surface area contributed by atoms with Crippen molar-refractivity contribution in [3.63, 3.8) is 0 Å². The summed E-state index contributed by atoms with van der Waals surface area (Å²) in [4.78, 5) is 81.6. The zero-order valence-corrected chi connectivity index (χ0v) is 26.6. The van der Waals surface area contributed by atoms with Crippen LogP contribution >= 0.6 is 0 Å². The summed E-state index contributed by atoms with van der Waals surface area (Å²) in [5.41, 5.74) is -2.65. The van der Waals surface area contributed by atoms with Gasteiger partial charge in [-0.15, -0.1) is 0 Å². The Balaban J connectivity index is 1.70. The van der Waals surface area contributed by atoms with E-state index in [1.807, 2.05) is 0 Å². The summed E-state index contributed by atoms with van der Waals surface area (Å²) >= 11 is 0. The summed E-state index contributed by atoms with van der Waals surface area (Å²) in [6.07, 6.45) is 4.22. The molecule has 2 aromatic rings. The third-order valence-electron chi connectivity index (χ3n) is 9.30. The second-order valence-electron chi connectivity index (χ2n) is 12.8. The molecule has 3 N–H and O–H groups in total. The molecule has 1 saturated carbocycles. The lowest BCUT2D eigenvalue weighted by Crippen LogP contribution is -2.31. The van der Waals surface area contributed by atoms with Crippen molar-refractivity contribution in [3.8, 4) is 23.0 Å². The Hall–Kier alpha value is -4.86. The fourth-order valence-corrected chi connectivity index (χ4v) is 6.99. The molecule has 2 aromatic carbocycles. The van der Waals surface area contributed by atoms with Crippen molar-refractivity contribution >= 4 is 35.4 Å². The van der Waals surface area contributed by atoms with Crippen LogP contribution in [0.15, 0.2) is 28.4 Å². The van der Waals surface area contributed by atoms with Crippen molar-refractivity contribution < 1.29 is 48.8 Å². The second kappa shape index (κ2) is 11.8. The smallest absolute Gasteiger partial charge is 0.314 e.